The maximum absolute atomic E-state index is 13.2. The third-order valence-corrected chi connectivity index (χ3v) is 6.69. The molecule has 2 atom stereocenters. The van der Waals surface area contributed by atoms with Crippen molar-refractivity contribution in [1.29, 1.82) is 0 Å². The Bertz CT molecular complexity index is 669. The van der Waals surface area contributed by atoms with Crippen molar-refractivity contribution in [3.05, 3.63) is 34.9 Å². The Morgan fingerprint density at radius 2 is 1.70 bits per heavy atom. The molecule has 2 unspecified atom stereocenters. The summed E-state index contributed by atoms with van der Waals surface area (Å²) in [6.45, 7) is 10.6. The van der Waals surface area contributed by atoms with Gasteiger partial charge in [-0.2, -0.15) is 0 Å². The van der Waals surface area contributed by atoms with Crippen LogP contribution in [-0.2, 0) is 9.47 Å². The minimum Gasteiger partial charge on any atom is -0.347 e. The Hall–Kier alpha value is -1.43. The summed E-state index contributed by atoms with van der Waals surface area (Å²) in [5.74, 6) is -0.108. The third-order valence-electron chi connectivity index (χ3n) is 6.69. The standard InChI is InChI=1S/C22H32N2O3/c1-16-5-4-6-17(2)20(16)21(25)24-10-7-19(15-18(24)3)23-11-8-22(9-12-23)26-13-14-27-22/h4-6,18-19H,7-15H2,1-3H3. The van der Waals surface area contributed by atoms with Crippen molar-refractivity contribution in [2.75, 3.05) is 32.8 Å². The fourth-order valence-corrected chi connectivity index (χ4v) is 5.09. The number of hydrogen-bond donors (Lipinski definition) is 0. The Balaban J connectivity index is 1.37. The number of rotatable bonds is 2. The summed E-state index contributed by atoms with van der Waals surface area (Å²) in [4.78, 5) is 17.9. The number of hydrogen-bond acceptors (Lipinski definition) is 4. The summed E-state index contributed by atoms with van der Waals surface area (Å²) in [5.41, 5.74) is 3.04. The van der Waals surface area contributed by atoms with Gasteiger partial charge in [-0.3, -0.25) is 9.69 Å². The average Bonchev–Trinajstić information content (AvgIpc) is 3.10. The Kier molecular flexibility index (Phi) is 5.28. The highest BCUT2D eigenvalue weighted by Crippen LogP contribution is 2.34. The van der Waals surface area contributed by atoms with Crippen molar-refractivity contribution in [3.8, 4) is 0 Å². The molecule has 3 aliphatic heterocycles. The first kappa shape index (κ1) is 18.9. The van der Waals surface area contributed by atoms with Gasteiger partial charge in [0.15, 0.2) is 5.79 Å². The number of nitrogens with zero attached hydrogens (tertiary/aromatic N) is 2. The quantitative estimate of drug-likeness (QED) is 0.800. The molecule has 0 radical (unpaired) electrons. The van der Waals surface area contributed by atoms with E-state index in [0.717, 1.165) is 75.2 Å². The van der Waals surface area contributed by atoms with Crippen molar-refractivity contribution < 1.29 is 14.3 Å². The third kappa shape index (κ3) is 3.65. The van der Waals surface area contributed by atoms with Crippen LogP contribution in [0.2, 0.25) is 0 Å². The van der Waals surface area contributed by atoms with Crippen molar-refractivity contribution in [2.45, 2.75) is 64.3 Å². The van der Waals surface area contributed by atoms with E-state index in [-0.39, 0.29) is 17.7 Å². The molecule has 3 aliphatic rings. The first-order valence-corrected chi connectivity index (χ1v) is 10.4. The van der Waals surface area contributed by atoms with Gasteiger partial charge in [-0.25, -0.2) is 0 Å². The van der Waals surface area contributed by atoms with Crippen LogP contribution in [0.1, 0.15) is 54.1 Å². The van der Waals surface area contributed by atoms with Crippen LogP contribution in [0.15, 0.2) is 18.2 Å². The van der Waals surface area contributed by atoms with E-state index >= 15 is 0 Å². The molecule has 1 aromatic carbocycles. The van der Waals surface area contributed by atoms with Crippen LogP contribution in [0.4, 0.5) is 0 Å². The number of amides is 1. The zero-order valence-corrected chi connectivity index (χ0v) is 16.9. The number of benzene rings is 1. The molecule has 5 nitrogen and oxygen atoms in total. The van der Waals surface area contributed by atoms with Gasteiger partial charge in [0.1, 0.15) is 0 Å². The zero-order valence-electron chi connectivity index (χ0n) is 16.9. The molecule has 1 amide bonds. The molecular formula is C22H32N2O3. The second kappa shape index (κ2) is 7.53. The van der Waals surface area contributed by atoms with E-state index in [0.29, 0.717) is 6.04 Å². The first-order valence-electron chi connectivity index (χ1n) is 10.4. The summed E-state index contributed by atoms with van der Waals surface area (Å²) in [6.07, 6.45) is 4.02. The van der Waals surface area contributed by atoms with Crippen LogP contribution >= 0.6 is 0 Å². The topological polar surface area (TPSA) is 42.0 Å². The van der Waals surface area contributed by atoms with E-state index in [1.807, 2.05) is 32.0 Å². The van der Waals surface area contributed by atoms with Crippen LogP contribution in [0, 0.1) is 13.8 Å². The second-order valence-corrected chi connectivity index (χ2v) is 8.44. The molecule has 0 aliphatic carbocycles. The number of ether oxygens (including phenoxy) is 2. The summed E-state index contributed by atoms with van der Waals surface area (Å²) >= 11 is 0. The predicted octanol–water partition coefficient (Wildman–Crippen LogP) is 3.14. The van der Waals surface area contributed by atoms with Gasteiger partial charge >= 0.3 is 0 Å². The number of likely N-dealkylation sites (tertiary alicyclic amines) is 2. The number of carbonyl (C=O) groups excluding carboxylic acids is 1. The molecule has 0 bridgehead atoms. The molecule has 27 heavy (non-hydrogen) atoms. The molecular weight excluding hydrogens is 340 g/mol. The maximum Gasteiger partial charge on any atom is 0.254 e. The Labute approximate surface area is 162 Å². The lowest BCUT2D eigenvalue weighted by molar-refractivity contribution is -0.189. The van der Waals surface area contributed by atoms with Gasteiger partial charge in [0, 0.05) is 50.1 Å². The Morgan fingerprint density at radius 1 is 1.07 bits per heavy atom. The van der Waals surface area contributed by atoms with Gasteiger partial charge in [-0.05, 0) is 44.7 Å². The lowest BCUT2D eigenvalue weighted by atomic mass is 9.92. The van der Waals surface area contributed by atoms with Gasteiger partial charge in [0.05, 0.1) is 13.2 Å². The highest BCUT2D eigenvalue weighted by Gasteiger charge is 2.42. The van der Waals surface area contributed by atoms with E-state index in [1.54, 1.807) is 0 Å². The van der Waals surface area contributed by atoms with E-state index in [1.165, 1.54) is 0 Å². The van der Waals surface area contributed by atoms with Crippen molar-refractivity contribution >= 4 is 5.91 Å². The minimum atomic E-state index is -0.304. The monoisotopic (exact) mass is 372 g/mol. The average molecular weight is 373 g/mol. The molecule has 1 aromatic rings. The van der Waals surface area contributed by atoms with Crippen LogP contribution in [0.25, 0.3) is 0 Å². The van der Waals surface area contributed by atoms with Gasteiger partial charge in [0.25, 0.3) is 5.91 Å². The van der Waals surface area contributed by atoms with Gasteiger partial charge in [0.2, 0.25) is 0 Å². The summed E-state index contributed by atoms with van der Waals surface area (Å²) in [6, 6.07) is 6.92. The van der Waals surface area contributed by atoms with Gasteiger partial charge in [-0.1, -0.05) is 18.2 Å². The minimum absolute atomic E-state index is 0.196. The molecule has 148 valence electrons. The van der Waals surface area contributed by atoms with E-state index in [4.69, 9.17) is 9.47 Å². The normalized spacial score (nSPS) is 28.6. The van der Waals surface area contributed by atoms with E-state index in [9.17, 15) is 4.79 Å². The molecule has 5 heteroatoms. The molecule has 4 rings (SSSR count). The smallest absolute Gasteiger partial charge is 0.254 e. The summed E-state index contributed by atoms with van der Waals surface area (Å²) in [5, 5.41) is 0. The van der Waals surface area contributed by atoms with Crippen LogP contribution < -0.4 is 0 Å². The maximum atomic E-state index is 13.2. The fraction of sp³-hybridized carbons (Fsp3) is 0.682. The molecule has 3 saturated heterocycles. The van der Waals surface area contributed by atoms with Crippen molar-refractivity contribution in [1.82, 2.24) is 9.80 Å². The van der Waals surface area contributed by atoms with Crippen LogP contribution in [0.3, 0.4) is 0 Å². The molecule has 0 aromatic heterocycles. The number of carbonyl (C=O) groups is 1. The number of aryl methyl sites for hydroxylation is 2. The fourth-order valence-electron chi connectivity index (χ4n) is 5.09. The lowest BCUT2D eigenvalue weighted by Crippen LogP contribution is -2.54. The summed E-state index contributed by atoms with van der Waals surface area (Å²) in [7, 11) is 0. The van der Waals surface area contributed by atoms with Crippen LogP contribution in [0.5, 0.6) is 0 Å². The molecule has 3 heterocycles. The first-order chi connectivity index (χ1) is 13.0. The molecule has 1 spiro atoms. The summed E-state index contributed by atoms with van der Waals surface area (Å²) < 4.78 is 11.7. The predicted molar refractivity (Wildman–Crippen MR) is 105 cm³/mol. The SMILES string of the molecule is Cc1cccc(C)c1C(=O)N1CCC(N2CCC3(CC2)OCCO3)CC1C. The lowest BCUT2D eigenvalue weighted by Gasteiger charge is -2.46. The van der Waals surface area contributed by atoms with E-state index < -0.39 is 0 Å². The highest BCUT2D eigenvalue weighted by atomic mass is 16.7. The van der Waals surface area contributed by atoms with Gasteiger partial charge in [-0.15, -0.1) is 0 Å². The molecule has 0 N–H and O–H groups in total. The van der Waals surface area contributed by atoms with E-state index in [2.05, 4.69) is 16.7 Å². The number of piperidine rings is 2. The second-order valence-electron chi connectivity index (χ2n) is 8.44. The Morgan fingerprint density at radius 3 is 2.30 bits per heavy atom. The van der Waals surface area contributed by atoms with Crippen LogP contribution in [-0.4, -0.2) is 66.4 Å². The zero-order chi connectivity index (χ0) is 19.0. The molecule has 3 fully saturated rings. The largest absolute Gasteiger partial charge is 0.347 e. The molecule has 0 saturated carbocycles. The van der Waals surface area contributed by atoms with Gasteiger partial charge < -0.3 is 14.4 Å². The van der Waals surface area contributed by atoms with Crippen molar-refractivity contribution in [3.63, 3.8) is 0 Å². The van der Waals surface area contributed by atoms with Crippen molar-refractivity contribution in [2.24, 2.45) is 0 Å². The highest BCUT2D eigenvalue weighted by molar-refractivity contribution is 5.97.